The maximum Gasteiger partial charge on any atom is 0.307 e. The summed E-state index contributed by atoms with van der Waals surface area (Å²) in [6.45, 7) is 3.43. The highest BCUT2D eigenvalue weighted by Gasteiger charge is 2.09. The molecule has 1 amide bonds. The first-order chi connectivity index (χ1) is 9.97. The fourth-order valence-corrected chi connectivity index (χ4v) is 1.64. The van der Waals surface area contributed by atoms with E-state index < -0.39 is 10.8 Å². The third-order valence-corrected chi connectivity index (χ3v) is 2.79. The van der Waals surface area contributed by atoms with Crippen LogP contribution in [-0.2, 0) is 0 Å². The van der Waals surface area contributed by atoms with Gasteiger partial charge in [0, 0.05) is 12.1 Å². The van der Waals surface area contributed by atoms with Crippen molar-refractivity contribution < 1.29 is 14.1 Å². The molecule has 1 heterocycles. The predicted octanol–water partition coefficient (Wildman–Crippen LogP) is 2.65. The van der Waals surface area contributed by atoms with Crippen molar-refractivity contribution in [1.29, 1.82) is 0 Å². The van der Waals surface area contributed by atoms with Crippen LogP contribution in [0.3, 0.4) is 0 Å². The minimum atomic E-state index is -0.475. The summed E-state index contributed by atoms with van der Waals surface area (Å²) in [5.41, 5.74) is 3.58. The fraction of sp³-hybridized carbons (Fsp3) is 0.143. The van der Waals surface area contributed by atoms with Gasteiger partial charge in [-0.3, -0.25) is 14.9 Å². The molecule has 7 heteroatoms. The molecule has 0 aliphatic carbocycles. The van der Waals surface area contributed by atoms with E-state index in [0.717, 1.165) is 0 Å². The van der Waals surface area contributed by atoms with Gasteiger partial charge in [0.1, 0.15) is 5.76 Å². The van der Waals surface area contributed by atoms with Crippen molar-refractivity contribution in [2.45, 2.75) is 13.8 Å². The SMILES string of the molecule is C/C(=N\NC(=O)c1ccc(C)o1)c1ccc([N+](=O)[O-])cc1. The number of benzene rings is 1. The van der Waals surface area contributed by atoms with Gasteiger partial charge >= 0.3 is 5.91 Å². The van der Waals surface area contributed by atoms with Crippen LogP contribution in [0, 0.1) is 17.0 Å². The van der Waals surface area contributed by atoms with Gasteiger partial charge in [-0.25, -0.2) is 5.43 Å². The number of nitro benzene ring substituents is 1. The van der Waals surface area contributed by atoms with Gasteiger partial charge in [-0.2, -0.15) is 5.10 Å². The normalized spacial score (nSPS) is 11.2. The molecule has 0 unspecified atom stereocenters. The summed E-state index contributed by atoms with van der Waals surface area (Å²) < 4.78 is 5.17. The van der Waals surface area contributed by atoms with E-state index in [9.17, 15) is 14.9 Å². The summed E-state index contributed by atoms with van der Waals surface area (Å²) in [6.07, 6.45) is 0. The van der Waals surface area contributed by atoms with E-state index >= 15 is 0 Å². The number of nitrogens with one attached hydrogen (secondary N) is 1. The first-order valence-corrected chi connectivity index (χ1v) is 6.13. The molecule has 0 saturated carbocycles. The molecule has 0 saturated heterocycles. The summed E-state index contributed by atoms with van der Waals surface area (Å²) in [4.78, 5) is 21.8. The van der Waals surface area contributed by atoms with Crippen LogP contribution < -0.4 is 5.43 Å². The summed E-state index contributed by atoms with van der Waals surface area (Å²) >= 11 is 0. The quantitative estimate of drug-likeness (QED) is 0.531. The van der Waals surface area contributed by atoms with Crippen LogP contribution in [0.2, 0.25) is 0 Å². The predicted molar refractivity (Wildman–Crippen MR) is 76.2 cm³/mol. The molecule has 0 atom stereocenters. The lowest BCUT2D eigenvalue weighted by molar-refractivity contribution is -0.384. The molecule has 0 aliphatic heterocycles. The summed E-state index contributed by atoms with van der Waals surface area (Å²) in [7, 11) is 0. The zero-order valence-electron chi connectivity index (χ0n) is 11.5. The largest absolute Gasteiger partial charge is 0.456 e. The molecular weight excluding hydrogens is 274 g/mol. The van der Waals surface area contributed by atoms with Crippen molar-refractivity contribution in [2.75, 3.05) is 0 Å². The summed E-state index contributed by atoms with van der Waals surface area (Å²) in [6, 6.07) is 9.14. The highest BCUT2D eigenvalue weighted by atomic mass is 16.6. The van der Waals surface area contributed by atoms with Gasteiger partial charge in [0.05, 0.1) is 10.6 Å². The Hall–Kier alpha value is -2.96. The first kappa shape index (κ1) is 14.4. The lowest BCUT2D eigenvalue weighted by Crippen LogP contribution is -2.18. The van der Waals surface area contributed by atoms with Gasteiger partial charge in [-0.15, -0.1) is 0 Å². The van der Waals surface area contributed by atoms with E-state index in [2.05, 4.69) is 10.5 Å². The number of furan rings is 1. The number of nitrogens with zero attached hydrogens (tertiary/aromatic N) is 2. The second-order valence-corrected chi connectivity index (χ2v) is 4.35. The van der Waals surface area contributed by atoms with Crippen molar-refractivity contribution >= 4 is 17.3 Å². The second kappa shape index (κ2) is 6.00. The number of rotatable bonds is 4. The van der Waals surface area contributed by atoms with E-state index in [1.165, 1.54) is 12.1 Å². The third kappa shape index (κ3) is 3.53. The average molecular weight is 287 g/mol. The molecule has 108 valence electrons. The number of non-ortho nitro benzene ring substituents is 1. The Balaban J connectivity index is 2.07. The lowest BCUT2D eigenvalue weighted by Gasteiger charge is -2.01. The number of amides is 1. The van der Waals surface area contributed by atoms with Gasteiger partial charge in [-0.1, -0.05) is 0 Å². The minimum absolute atomic E-state index is 0.00152. The van der Waals surface area contributed by atoms with Crippen LogP contribution in [0.15, 0.2) is 45.9 Å². The summed E-state index contributed by atoms with van der Waals surface area (Å²) in [5.74, 6) is 0.355. The number of aryl methyl sites for hydroxylation is 1. The van der Waals surface area contributed by atoms with E-state index in [1.54, 1.807) is 38.1 Å². The number of carbonyl (C=O) groups excluding carboxylic acids is 1. The van der Waals surface area contributed by atoms with Gasteiger partial charge in [0.15, 0.2) is 5.76 Å². The highest BCUT2D eigenvalue weighted by molar-refractivity contribution is 6.00. The Morgan fingerprint density at radius 3 is 2.43 bits per heavy atom. The zero-order chi connectivity index (χ0) is 15.4. The highest BCUT2D eigenvalue weighted by Crippen LogP contribution is 2.12. The zero-order valence-corrected chi connectivity index (χ0v) is 11.5. The molecule has 1 N–H and O–H groups in total. The number of nitro groups is 1. The average Bonchev–Trinajstić information content (AvgIpc) is 2.91. The molecule has 0 bridgehead atoms. The molecular formula is C14H13N3O4. The Kier molecular flexibility index (Phi) is 4.13. The van der Waals surface area contributed by atoms with Crippen molar-refractivity contribution in [1.82, 2.24) is 5.43 Å². The Morgan fingerprint density at radius 1 is 1.24 bits per heavy atom. The van der Waals surface area contributed by atoms with Crippen LogP contribution in [-0.4, -0.2) is 16.5 Å². The molecule has 0 fully saturated rings. The number of hydrogen-bond acceptors (Lipinski definition) is 5. The number of carbonyl (C=O) groups is 1. The van der Waals surface area contributed by atoms with Gasteiger partial charge < -0.3 is 4.42 Å². The van der Waals surface area contributed by atoms with Crippen LogP contribution in [0.1, 0.15) is 28.8 Å². The van der Waals surface area contributed by atoms with E-state index in [4.69, 9.17) is 4.42 Å². The second-order valence-electron chi connectivity index (χ2n) is 4.35. The van der Waals surface area contributed by atoms with Crippen LogP contribution in [0.4, 0.5) is 5.69 Å². The maximum absolute atomic E-state index is 11.7. The monoisotopic (exact) mass is 287 g/mol. The molecule has 2 rings (SSSR count). The van der Waals surface area contributed by atoms with Crippen molar-refractivity contribution in [2.24, 2.45) is 5.10 Å². The number of hydrazone groups is 1. The topological polar surface area (TPSA) is 97.7 Å². The van der Waals surface area contributed by atoms with E-state index in [0.29, 0.717) is 17.0 Å². The summed E-state index contributed by atoms with van der Waals surface area (Å²) in [5, 5.41) is 14.5. The third-order valence-electron chi connectivity index (χ3n) is 2.79. The van der Waals surface area contributed by atoms with E-state index in [1.807, 2.05) is 0 Å². The molecule has 0 spiro atoms. The van der Waals surface area contributed by atoms with Crippen molar-refractivity contribution in [3.05, 3.63) is 63.6 Å². The Morgan fingerprint density at radius 2 is 1.90 bits per heavy atom. The standard InChI is InChI=1S/C14H13N3O4/c1-9-3-8-13(21-9)14(18)16-15-10(2)11-4-6-12(7-5-11)17(19)20/h3-8H,1-2H3,(H,16,18)/b15-10+. The number of hydrogen-bond donors (Lipinski definition) is 1. The van der Waals surface area contributed by atoms with Crippen LogP contribution >= 0.6 is 0 Å². The molecule has 1 aromatic carbocycles. The molecule has 0 aliphatic rings. The lowest BCUT2D eigenvalue weighted by atomic mass is 10.1. The van der Waals surface area contributed by atoms with Crippen LogP contribution in [0.5, 0.6) is 0 Å². The van der Waals surface area contributed by atoms with Gasteiger partial charge in [-0.05, 0) is 43.7 Å². The van der Waals surface area contributed by atoms with Crippen molar-refractivity contribution in [3.63, 3.8) is 0 Å². The molecule has 1 aromatic heterocycles. The van der Waals surface area contributed by atoms with Gasteiger partial charge in [0.25, 0.3) is 5.69 Å². The smallest absolute Gasteiger partial charge is 0.307 e. The van der Waals surface area contributed by atoms with Crippen molar-refractivity contribution in [3.8, 4) is 0 Å². The molecule has 0 radical (unpaired) electrons. The van der Waals surface area contributed by atoms with Gasteiger partial charge in [0.2, 0.25) is 0 Å². The first-order valence-electron chi connectivity index (χ1n) is 6.13. The van der Waals surface area contributed by atoms with Crippen LogP contribution in [0.25, 0.3) is 0 Å². The molecule has 2 aromatic rings. The molecule has 7 nitrogen and oxygen atoms in total. The minimum Gasteiger partial charge on any atom is -0.456 e. The molecule has 21 heavy (non-hydrogen) atoms. The maximum atomic E-state index is 11.7. The fourth-order valence-electron chi connectivity index (χ4n) is 1.64. The Labute approximate surface area is 120 Å². The Bertz CT molecular complexity index is 701. The van der Waals surface area contributed by atoms with E-state index in [-0.39, 0.29) is 11.4 Å².